The summed E-state index contributed by atoms with van der Waals surface area (Å²) in [6, 6.07) is 11.1. The summed E-state index contributed by atoms with van der Waals surface area (Å²) in [4.78, 5) is 0. The molecule has 1 aliphatic heterocycles. The van der Waals surface area contributed by atoms with Crippen molar-refractivity contribution in [1.82, 2.24) is 5.32 Å². The molecular weight excluding hydrogens is 444 g/mol. The molecule has 1 aliphatic rings. The lowest BCUT2D eigenvalue weighted by molar-refractivity contribution is -0.143. The fourth-order valence-corrected chi connectivity index (χ4v) is 3.76. The van der Waals surface area contributed by atoms with Gasteiger partial charge in [-0.3, -0.25) is 0 Å². The standard InChI is InChI=1S/C22H23F6NO.ClH/c1-15(16-11-18(21(23,24)25)13-19(12-16)22(26,27)28)30-14-20(9-5-6-10-29-20)17-7-3-2-4-8-17;/h2-4,7-8,11-13,15,29H,5-6,9-10,14H2,1H3;1H/t15-,20+;/m1./s1. The van der Waals surface area contributed by atoms with E-state index in [0.29, 0.717) is 0 Å². The SMILES string of the molecule is C[C@@H](OC[C@]1(c2ccccc2)CCCCN1)c1cc(C(F)(F)F)cc(C(F)(F)F)c1.Cl. The molecule has 0 unspecified atom stereocenters. The first kappa shape index (κ1) is 25.5. The molecule has 2 atom stereocenters. The van der Waals surface area contributed by atoms with E-state index in [-0.39, 0.29) is 30.6 Å². The lowest BCUT2D eigenvalue weighted by Gasteiger charge is -2.39. The maximum atomic E-state index is 13.1. The van der Waals surface area contributed by atoms with Crippen LogP contribution in [0.2, 0.25) is 0 Å². The predicted octanol–water partition coefficient (Wildman–Crippen LogP) is 6.89. The van der Waals surface area contributed by atoms with E-state index in [4.69, 9.17) is 4.74 Å². The van der Waals surface area contributed by atoms with E-state index < -0.39 is 35.1 Å². The van der Waals surface area contributed by atoms with Crippen LogP contribution in [-0.2, 0) is 22.6 Å². The molecule has 0 radical (unpaired) electrons. The van der Waals surface area contributed by atoms with Crippen molar-refractivity contribution in [3.05, 3.63) is 70.8 Å². The highest BCUT2D eigenvalue weighted by Gasteiger charge is 2.38. The smallest absolute Gasteiger partial charge is 0.372 e. The number of alkyl halides is 6. The summed E-state index contributed by atoms with van der Waals surface area (Å²) >= 11 is 0. The second-order valence-electron chi connectivity index (χ2n) is 7.62. The van der Waals surface area contributed by atoms with Crippen molar-refractivity contribution < 1.29 is 31.1 Å². The molecule has 2 aromatic rings. The van der Waals surface area contributed by atoms with E-state index >= 15 is 0 Å². The fraction of sp³-hybridized carbons (Fsp3) is 0.455. The van der Waals surface area contributed by atoms with E-state index in [1.54, 1.807) is 0 Å². The maximum absolute atomic E-state index is 13.1. The number of rotatable bonds is 5. The summed E-state index contributed by atoms with van der Waals surface area (Å²) in [5.74, 6) is 0. The Hall–Kier alpha value is -1.77. The van der Waals surface area contributed by atoms with Gasteiger partial charge in [-0.1, -0.05) is 30.3 Å². The normalized spacial score (nSPS) is 20.7. The number of hydrogen-bond acceptors (Lipinski definition) is 2. The van der Waals surface area contributed by atoms with E-state index in [2.05, 4.69) is 5.32 Å². The van der Waals surface area contributed by atoms with E-state index in [1.165, 1.54) is 6.92 Å². The minimum absolute atomic E-state index is 0. The fourth-order valence-electron chi connectivity index (χ4n) is 3.76. The Morgan fingerprint density at radius 1 is 0.935 bits per heavy atom. The van der Waals surface area contributed by atoms with Gasteiger partial charge in [-0.15, -0.1) is 12.4 Å². The average molecular weight is 468 g/mol. The van der Waals surface area contributed by atoms with Gasteiger partial charge in [0.15, 0.2) is 0 Å². The Morgan fingerprint density at radius 3 is 2.00 bits per heavy atom. The van der Waals surface area contributed by atoms with Gasteiger partial charge in [0.05, 0.1) is 29.4 Å². The molecule has 0 amide bonds. The quantitative estimate of drug-likeness (QED) is 0.483. The third kappa shape index (κ3) is 6.14. The number of halogens is 7. The van der Waals surface area contributed by atoms with Crippen molar-refractivity contribution in [2.75, 3.05) is 13.2 Å². The predicted molar refractivity (Wildman–Crippen MR) is 108 cm³/mol. The van der Waals surface area contributed by atoms with Crippen molar-refractivity contribution in [3.8, 4) is 0 Å². The number of nitrogens with one attached hydrogen (secondary N) is 1. The molecule has 1 saturated heterocycles. The molecule has 0 bridgehead atoms. The van der Waals surface area contributed by atoms with Crippen LogP contribution in [-0.4, -0.2) is 13.2 Å². The summed E-state index contributed by atoms with van der Waals surface area (Å²) in [5.41, 5.74) is -2.37. The van der Waals surface area contributed by atoms with E-state index in [0.717, 1.165) is 43.5 Å². The largest absolute Gasteiger partial charge is 0.416 e. The maximum Gasteiger partial charge on any atom is 0.416 e. The molecule has 0 aliphatic carbocycles. The minimum atomic E-state index is -4.88. The van der Waals surface area contributed by atoms with Crippen LogP contribution in [0.15, 0.2) is 48.5 Å². The molecular formula is C22H24ClF6NO. The first-order valence-corrected chi connectivity index (χ1v) is 9.73. The zero-order valence-electron chi connectivity index (χ0n) is 16.8. The second kappa shape index (κ2) is 9.79. The van der Waals surface area contributed by atoms with Crippen LogP contribution < -0.4 is 5.32 Å². The molecule has 9 heteroatoms. The first-order chi connectivity index (χ1) is 14.0. The van der Waals surface area contributed by atoms with Gasteiger partial charge in [-0.05, 0) is 62.1 Å². The van der Waals surface area contributed by atoms with Crippen LogP contribution >= 0.6 is 12.4 Å². The van der Waals surface area contributed by atoms with Crippen molar-refractivity contribution in [3.63, 3.8) is 0 Å². The van der Waals surface area contributed by atoms with Crippen LogP contribution in [0.4, 0.5) is 26.3 Å². The van der Waals surface area contributed by atoms with Gasteiger partial charge in [0.25, 0.3) is 0 Å². The van der Waals surface area contributed by atoms with Crippen LogP contribution in [0.5, 0.6) is 0 Å². The lowest BCUT2D eigenvalue weighted by atomic mass is 9.83. The minimum Gasteiger partial charge on any atom is -0.372 e. The summed E-state index contributed by atoms with van der Waals surface area (Å²) in [6.07, 6.45) is -8.01. The van der Waals surface area contributed by atoms with Gasteiger partial charge in [0, 0.05) is 0 Å². The molecule has 2 nitrogen and oxygen atoms in total. The van der Waals surface area contributed by atoms with E-state index in [9.17, 15) is 26.3 Å². The molecule has 0 saturated carbocycles. The molecule has 0 aromatic heterocycles. The van der Waals surface area contributed by atoms with Crippen LogP contribution in [0.1, 0.15) is 54.5 Å². The van der Waals surface area contributed by atoms with Gasteiger partial charge in [-0.25, -0.2) is 0 Å². The Balaban J connectivity index is 0.00000341. The van der Waals surface area contributed by atoms with Crippen molar-refractivity contribution in [1.29, 1.82) is 0 Å². The summed E-state index contributed by atoms with van der Waals surface area (Å²) in [7, 11) is 0. The third-order valence-corrected chi connectivity index (χ3v) is 5.48. The van der Waals surface area contributed by atoms with Gasteiger partial charge < -0.3 is 10.1 Å². The molecule has 0 spiro atoms. The summed E-state index contributed by atoms with van der Waals surface area (Å²) in [6.45, 7) is 2.36. The molecule has 31 heavy (non-hydrogen) atoms. The van der Waals surface area contributed by atoms with Crippen molar-refractivity contribution in [2.45, 2.75) is 50.2 Å². The molecule has 1 fully saturated rings. The zero-order valence-corrected chi connectivity index (χ0v) is 17.6. The van der Waals surface area contributed by atoms with Crippen LogP contribution in [0.25, 0.3) is 0 Å². The molecule has 2 aromatic carbocycles. The highest BCUT2D eigenvalue weighted by atomic mass is 35.5. The molecule has 3 rings (SSSR count). The van der Waals surface area contributed by atoms with Crippen LogP contribution in [0.3, 0.4) is 0 Å². The van der Waals surface area contributed by atoms with Gasteiger partial charge in [0.2, 0.25) is 0 Å². The zero-order chi connectivity index (χ0) is 22.0. The van der Waals surface area contributed by atoms with Crippen molar-refractivity contribution >= 4 is 12.4 Å². The lowest BCUT2D eigenvalue weighted by Crippen LogP contribution is -2.49. The third-order valence-electron chi connectivity index (χ3n) is 5.48. The topological polar surface area (TPSA) is 21.3 Å². The van der Waals surface area contributed by atoms with Gasteiger partial charge in [-0.2, -0.15) is 26.3 Å². The average Bonchev–Trinajstić information content (AvgIpc) is 2.72. The Labute approximate surface area is 183 Å². The number of piperidine rings is 1. The highest BCUT2D eigenvalue weighted by molar-refractivity contribution is 5.85. The number of ether oxygens (including phenoxy) is 1. The summed E-state index contributed by atoms with van der Waals surface area (Å²) in [5, 5.41) is 3.44. The highest BCUT2D eigenvalue weighted by Crippen LogP contribution is 2.39. The Kier molecular flexibility index (Phi) is 8.05. The van der Waals surface area contributed by atoms with Crippen molar-refractivity contribution in [2.24, 2.45) is 0 Å². The first-order valence-electron chi connectivity index (χ1n) is 9.73. The Bertz CT molecular complexity index is 815. The number of hydrogen-bond donors (Lipinski definition) is 1. The monoisotopic (exact) mass is 467 g/mol. The van der Waals surface area contributed by atoms with Gasteiger partial charge in [0.1, 0.15) is 0 Å². The molecule has 172 valence electrons. The molecule has 1 N–H and O–H groups in total. The second-order valence-corrected chi connectivity index (χ2v) is 7.62. The van der Waals surface area contributed by atoms with Crippen LogP contribution in [0, 0.1) is 0 Å². The van der Waals surface area contributed by atoms with Gasteiger partial charge >= 0.3 is 12.4 Å². The number of benzene rings is 2. The Morgan fingerprint density at radius 2 is 1.52 bits per heavy atom. The molecule has 1 heterocycles. The summed E-state index contributed by atoms with van der Waals surface area (Å²) < 4.78 is 84.7. The van der Waals surface area contributed by atoms with E-state index in [1.807, 2.05) is 30.3 Å².